The van der Waals surface area contributed by atoms with Gasteiger partial charge in [0.1, 0.15) is 12.6 Å². The van der Waals surface area contributed by atoms with Crippen LogP contribution in [0.4, 0.5) is 13.2 Å². The van der Waals surface area contributed by atoms with Crippen LogP contribution in [0.25, 0.3) is 0 Å². The van der Waals surface area contributed by atoms with Gasteiger partial charge in [-0.3, -0.25) is 4.79 Å². The van der Waals surface area contributed by atoms with Gasteiger partial charge in [-0.25, -0.2) is 10.1 Å². The van der Waals surface area contributed by atoms with Gasteiger partial charge in [-0.2, -0.15) is 0 Å². The zero-order valence-electron chi connectivity index (χ0n) is 12.2. The number of hydrogen-bond acceptors (Lipinski definition) is 5. The number of hydrogen-bond donors (Lipinski definition) is 2. The molecule has 0 saturated carbocycles. The topological polar surface area (TPSA) is 84.9 Å². The van der Waals surface area contributed by atoms with E-state index in [0.29, 0.717) is 6.42 Å². The smallest absolute Gasteiger partial charge is 0.459 e. The molecule has 1 amide bonds. The van der Waals surface area contributed by atoms with Crippen molar-refractivity contribution in [1.82, 2.24) is 5.32 Å². The van der Waals surface area contributed by atoms with Crippen molar-refractivity contribution in [1.29, 1.82) is 0 Å². The minimum absolute atomic E-state index is 0.0610. The molecule has 1 aromatic rings. The van der Waals surface area contributed by atoms with Gasteiger partial charge in [0.25, 0.3) is 0 Å². The molecule has 0 spiro atoms. The predicted octanol–water partition coefficient (Wildman–Crippen LogP) is 2.25. The second-order valence-electron chi connectivity index (χ2n) is 4.63. The van der Waals surface area contributed by atoms with E-state index in [1.807, 2.05) is 42.1 Å². The molecule has 0 aliphatic carbocycles. The molecule has 6 nitrogen and oxygen atoms in total. The first kappa shape index (κ1) is 18.9. The van der Waals surface area contributed by atoms with E-state index < -0.39 is 12.4 Å². The molecular formula is C14H16F3NO5. The van der Waals surface area contributed by atoms with Crippen LogP contribution in [0.1, 0.15) is 18.9 Å². The molecule has 2 rings (SSSR count). The summed E-state index contributed by atoms with van der Waals surface area (Å²) in [7, 11) is 0. The fourth-order valence-electron chi connectivity index (χ4n) is 1.88. The monoisotopic (exact) mass is 335 g/mol. The minimum Gasteiger partial charge on any atom is -0.459 e. The Hall–Kier alpha value is -2.13. The standard InChI is InChI=1S/C13H15NO3.CHF3O2/c1-2-10-11(14-12(10)15)13(16)17-8-9-6-4-3-5-7-9;2-1(3,4)6-5/h3-7,10-11H,2,8H2,1H3,(H,14,15);5H. The molecule has 1 fully saturated rings. The van der Waals surface area contributed by atoms with Gasteiger partial charge in [0.15, 0.2) is 0 Å². The van der Waals surface area contributed by atoms with Crippen LogP contribution in [-0.2, 0) is 25.8 Å². The van der Waals surface area contributed by atoms with Crippen LogP contribution in [-0.4, -0.2) is 29.5 Å². The number of rotatable bonds is 4. The minimum atomic E-state index is -4.90. The highest BCUT2D eigenvalue weighted by Gasteiger charge is 2.43. The summed E-state index contributed by atoms with van der Waals surface area (Å²) in [5, 5.41) is 9.34. The Kier molecular flexibility index (Phi) is 6.98. The number of ether oxygens (including phenoxy) is 1. The SMILES string of the molecule is CCC1C(=O)NC1C(=O)OCc1ccccc1.OOC(F)(F)F. The van der Waals surface area contributed by atoms with E-state index in [1.165, 1.54) is 0 Å². The van der Waals surface area contributed by atoms with Crippen LogP contribution < -0.4 is 5.32 Å². The molecule has 2 unspecified atom stereocenters. The van der Waals surface area contributed by atoms with Crippen molar-refractivity contribution >= 4 is 11.9 Å². The maximum Gasteiger partial charge on any atom is 0.549 e. The quantitative estimate of drug-likeness (QED) is 0.382. The number of amides is 1. The number of esters is 1. The Bertz CT molecular complexity index is 521. The van der Waals surface area contributed by atoms with E-state index >= 15 is 0 Å². The highest BCUT2D eigenvalue weighted by molar-refractivity contribution is 5.97. The van der Waals surface area contributed by atoms with Crippen molar-refractivity contribution in [2.75, 3.05) is 0 Å². The summed E-state index contributed by atoms with van der Waals surface area (Å²) in [4.78, 5) is 24.7. The van der Waals surface area contributed by atoms with Crippen molar-refractivity contribution < 1.29 is 37.6 Å². The third-order valence-electron chi connectivity index (χ3n) is 3.06. The van der Waals surface area contributed by atoms with Crippen LogP contribution in [0.2, 0.25) is 0 Å². The van der Waals surface area contributed by atoms with Crippen molar-refractivity contribution in [3.63, 3.8) is 0 Å². The molecule has 0 bridgehead atoms. The van der Waals surface area contributed by atoms with Crippen LogP contribution in [0, 0.1) is 5.92 Å². The van der Waals surface area contributed by atoms with Gasteiger partial charge in [0.05, 0.1) is 5.92 Å². The van der Waals surface area contributed by atoms with E-state index in [9.17, 15) is 22.8 Å². The summed E-state index contributed by atoms with van der Waals surface area (Å²) < 4.78 is 36.1. The summed E-state index contributed by atoms with van der Waals surface area (Å²) in [6.07, 6.45) is -4.24. The number of β-lactam (4-membered cyclic amide) rings is 1. The summed E-state index contributed by atoms with van der Waals surface area (Å²) in [6, 6.07) is 9.02. The van der Waals surface area contributed by atoms with E-state index in [-0.39, 0.29) is 24.4 Å². The zero-order chi connectivity index (χ0) is 17.5. The van der Waals surface area contributed by atoms with Crippen molar-refractivity contribution in [2.24, 2.45) is 5.92 Å². The number of carbonyl (C=O) groups is 2. The Morgan fingerprint density at radius 2 is 1.87 bits per heavy atom. The van der Waals surface area contributed by atoms with Gasteiger partial charge < -0.3 is 10.1 Å². The molecule has 1 aromatic carbocycles. The zero-order valence-corrected chi connectivity index (χ0v) is 12.2. The fourth-order valence-corrected chi connectivity index (χ4v) is 1.88. The first-order valence-corrected chi connectivity index (χ1v) is 6.68. The summed E-state index contributed by atoms with van der Waals surface area (Å²) in [6.45, 7) is 2.14. The lowest BCUT2D eigenvalue weighted by atomic mass is 9.88. The Morgan fingerprint density at radius 3 is 2.30 bits per heavy atom. The second kappa shape index (κ2) is 8.49. The van der Waals surface area contributed by atoms with Crippen LogP contribution >= 0.6 is 0 Å². The van der Waals surface area contributed by atoms with Crippen LogP contribution in [0.5, 0.6) is 0 Å². The summed E-state index contributed by atoms with van der Waals surface area (Å²) in [5.41, 5.74) is 0.944. The largest absolute Gasteiger partial charge is 0.549 e. The molecule has 0 radical (unpaired) electrons. The molecule has 2 N–H and O–H groups in total. The maximum atomic E-state index is 11.7. The predicted molar refractivity (Wildman–Crippen MR) is 71.7 cm³/mol. The fraction of sp³-hybridized carbons (Fsp3) is 0.429. The highest BCUT2D eigenvalue weighted by atomic mass is 19.4. The molecule has 9 heteroatoms. The molecule has 1 saturated heterocycles. The summed E-state index contributed by atoms with van der Waals surface area (Å²) >= 11 is 0. The van der Waals surface area contributed by atoms with Gasteiger partial charge in [-0.1, -0.05) is 37.3 Å². The highest BCUT2D eigenvalue weighted by Crippen LogP contribution is 2.20. The van der Waals surface area contributed by atoms with E-state index in [1.54, 1.807) is 0 Å². The van der Waals surface area contributed by atoms with Crippen molar-refractivity contribution in [2.45, 2.75) is 32.4 Å². The number of carbonyl (C=O) groups excluding carboxylic acids is 2. The molecule has 128 valence electrons. The number of benzene rings is 1. The van der Waals surface area contributed by atoms with E-state index in [4.69, 9.17) is 9.99 Å². The van der Waals surface area contributed by atoms with E-state index in [2.05, 4.69) is 5.32 Å². The van der Waals surface area contributed by atoms with Gasteiger partial charge in [-0.05, 0) is 12.0 Å². The normalized spacial score (nSPS) is 19.8. The average molecular weight is 335 g/mol. The summed E-state index contributed by atoms with van der Waals surface area (Å²) in [5.74, 6) is -0.632. The number of alkyl halides is 3. The Morgan fingerprint density at radius 1 is 1.30 bits per heavy atom. The Balaban J connectivity index is 0.000000379. The first-order valence-electron chi connectivity index (χ1n) is 6.68. The second-order valence-corrected chi connectivity index (χ2v) is 4.63. The Labute approximate surface area is 130 Å². The lowest BCUT2D eigenvalue weighted by Gasteiger charge is -2.33. The van der Waals surface area contributed by atoms with Crippen molar-refractivity contribution in [3.8, 4) is 0 Å². The van der Waals surface area contributed by atoms with Crippen LogP contribution in [0.3, 0.4) is 0 Å². The third kappa shape index (κ3) is 6.25. The average Bonchev–Trinajstić information content (AvgIpc) is 2.51. The third-order valence-corrected chi connectivity index (χ3v) is 3.06. The molecule has 1 aliphatic rings. The van der Waals surface area contributed by atoms with E-state index in [0.717, 1.165) is 5.56 Å². The van der Waals surface area contributed by atoms with Gasteiger partial charge in [0, 0.05) is 0 Å². The van der Waals surface area contributed by atoms with Gasteiger partial charge >= 0.3 is 12.3 Å². The van der Waals surface area contributed by atoms with Crippen LogP contribution in [0.15, 0.2) is 30.3 Å². The first-order chi connectivity index (χ1) is 10.8. The van der Waals surface area contributed by atoms with Gasteiger partial charge in [-0.15, -0.1) is 18.1 Å². The number of halogens is 3. The van der Waals surface area contributed by atoms with Crippen molar-refractivity contribution in [3.05, 3.63) is 35.9 Å². The lowest BCUT2D eigenvalue weighted by molar-refractivity contribution is -0.464. The molecule has 23 heavy (non-hydrogen) atoms. The number of nitrogens with one attached hydrogen (secondary N) is 1. The molecule has 0 aromatic heterocycles. The maximum absolute atomic E-state index is 11.7. The molecular weight excluding hydrogens is 319 g/mol. The van der Waals surface area contributed by atoms with Gasteiger partial charge in [0.2, 0.25) is 5.91 Å². The molecule has 1 heterocycles. The molecule has 2 atom stereocenters. The molecule has 1 aliphatic heterocycles. The lowest BCUT2D eigenvalue weighted by Crippen LogP contribution is -2.62.